The predicted octanol–water partition coefficient (Wildman–Crippen LogP) is 14.9. The molecule has 11 aromatic rings. The van der Waals surface area contributed by atoms with E-state index in [1.54, 1.807) is 0 Å². The zero-order chi connectivity index (χ0) is 40.4. The molecule has 292 valence electrons. The smallest absolute Gasteiger partial charge is 0.137 e. The zero-order valence-electron chi connectivity index (χ0n) is 33.9. The van der Waals surface area contributed by atoms with Crippen LogP contribution in [-0.2, 0) is 0 Å². The summed E-state index contributed by atoms with van der Waals surface area (Å²) in [7, 11) is 0. The van der Waals surface area contributed by atoms with Crippen molar-refractivity contribution < 1.29 is 4.42 Å². The third-order valence-electron chi connectivity index (χ3n) is 13.0. The molecular weight excluding hydrogens is 743 g/mol. The molecule has 0 saturated carbocycles. The average Bonchev–Trinajstić information content (AvgIpc) is 3.85. The van der Waals surface area contributed by atoms with Crippen molar-refractivity contribution in [3.63, 3.8) is 0 Å². The molecule has 0 amide bonds. The molecule has 4 nitrogen and oxygen atoms in total. The number of nitrogens with zero attached hydrogens (tertiary/aromatic N) is 2. The third-order valence-corrected chi connectivity index (χ3v) is 13.0. The van der Waals surface area contributed by atoms with Gasteiger partial charge in [0.2, 0.25) is 0 Å². The molecule has 9 aromatic carbocycles. The number of para-hydroxylation sites is 2. The van der Waals surface area contributed by atoms with E-state index in [0.29, 0.717) is 0 Å². The van der Waals surface area contributed by atoms with Crippen LogP contribution in [0.3, 0.4) is 0 Å². The van der Waals surface area contributed by atoms with Crippen molar-refractivity contribution >= 4 is 71.0 Å². The summed E-state index contributed by atoms with van der Waals surface area (Å²) in [5.74, 6) is 0.266. The number of nitrogens with one attached hydrogen (secondary N) is 1. The Morgan fingerprint density at radius 2 is 1.20 bits per heavy atom. The first-order valence-electron chi connectivity index (χ1n) is 21.5. The van der Waals surface area contributed by atoms with Crippen molar-refractivity contribution in [2.24, 2.45) is 10.9 Å². The van der Waals surface area contributed by atoms with Crippen molar-refractivity contribution in [1.82, 2.24) is 9.88 Å². The first kappa shape index (κ1) is 35.7. The lowest BCUT2D eigenvalue weighted by atomic mass is 9.86. The number of rotatable bonds is 5. The number of benzene rings is 9. The van der Waals surface area contributed by atoms with Crippen LogP contribution in [0.5, 0.6) is 0 Å². The standard InChI is InChI=1S/C57H43N3O/c1-36-26-29-49(43-21-13-20-40(30-43)37-14-3-2-4-15-37)58-57(44-28-27-38-16-5-6-17-39(38)31-44)59-56(36)45-34-52(55-47-23-10-12-25-53(47)61-54(55)35-45)60-50-24-11-9-22-46(50)48-32-41-18-7-8-19-42(41)33-51(48)60/h2-25,27-28,30-36,56-57,59H,26,29H2,1H3. The lowest BCUT2D eigenvalue weighted by Gasteiger charge is -2.33. The maximum absolute atomic E-state index is 6.82. The van der Waals surface area contributed by atoms with Crippen LogP contribution in [0.25, 0.3) is 82.1 Å². The second kappa shape index (κ2) is 14.5. The maximum atomic E-state index is 6.82. The summed E-state index contributed by atoms with van der Waals surface area (Å²) in [5, 5.41) is 13.8. The first-order valence-corrected chi connectivity index (χ1v) is 21.5. The van der Waals surface area contributed by atoms with Crippen molar-refractivity contribution in [2.75, 3.05) is 0 Å². The fourth-order valence-corrected chi connectivity index (χ4v) is 9.95. The number of fused-ring (bicyclic) bond motifs is 8. The molecule has 3 unspecified atom stereocenters. The summed E-state index contributed by atoms with van der Waals surface area (Å²) in [4.78, 5) is 5.68. The van der Waals surface area contributed by atoms with E-state index in [1.807, 2.05) is 0 Å². The number of furan rings is 1. The van der Waals surface area contributed by atoms with Crippen LogP contribution < -0.4 is 5.32 Å². The molecule has 12 rings (SSSR count). The van der Waals surface area contributed by atoms with E-state index >= 15 is 0 Å². The predicted molar refractivity (Wildman–Crippen MR) is 255 cm³/mol. The summed E-state index contributed by atoms with van der Waals surface area (Å²) in [5.41, 5.74) is 12.3. The number of aromatic nitrogens is 1. The molecule has 0 aliphatic carbocycles. The minimum Gasteiger partial charge on any atom is -0.456 e. The fourth-order valence-electron chi connectivity index (χ4n) is 9.95. The second-order valence-electron chi connectivity index (χ2n) is 16.8. The van der Waals surface area contributed by atoms with Gasteiger partial charge >= 0.3 is 0 Å². The molecule has 1 aliphatic heterocycles. The lowest BCUT2D eigenvalue weighted by Crippen LogP contribution is -2.33. The number of hydrogen-bond donors (Lipinski definition) is 1. The molecule has 3 atom stereocenters. The summed E-state index contributed by atoms with van der Waals surface area (Å²) in [6.45, 7) is 2.40. The molecule has 0 saturated heterocycles. The molecule has 2 aromatic heterocycles. The summed E-state index contributed by atoms with van der Waals surface area (Å²) in [6, 6.07) is 70.4. The average molecular weight is 786 g/mol. The lowest BCUT2D eigenvalue weighted by molar-refractivity contribution is 0.328. The Morgan fingerprint density at radius 1 is 0.508 bits per heavy atom. The fraction of sp³-hybridized carbons (Fsp3) is 0.105. The Bertz CT molecular complexity index is 3500. The van der Waals surface area contributed by atoms with Crippen LogP contribution >= 0.6 is 0 Å². The van der Waals surface area contributed by atoms with Crippen LogP contribution in [0.1, 0.15) is 48.7 Å². The Morgan fingerprint density at radius 3 is 2.05 bits per heavy atom. The second-order valence-corrected chi connectivity index (χ2v) is 16.8. The van der Waals surface area contributed by atoms with E-state index in [9.17, 15) is 0 Å². The Hall–Kier alpha value is -7.27. The molecule has 61 heavy (non-hydrogen) atoms. The van der Waals surface area contributed by atoms with Gasteiger partial charge in [-0.05, 0) is 117 Å². The van der Waals surface area contributed by atoms with Gasteiger partial charge in [0.05, 0.1) is 22.1 Å². The maximum Gasteiger partial charge on any atom is 0.137 e. The topological polar surface area (TPSA) is 42.5 Å². The van der Waals surface area contributed by atoms with Gasteiger partial charge < -0.3 is 8.98 Å². The molecular formula is C57H43N3O. The van der Waals surface area contributed by atoms with E-state index in [4.69, 9.17) is 9.41 Å². The Kier molecular flexibility index (Phi) is 8.46. The van der Waals surface area contributed by atoms with Gasteiger partial charge in [0, 0.05) is 27.9 Å². The molecule has 1 N–H and O–H groups in total. The SMILES string of the molecule is CC1CCC(c2cccc(-c3ccccc3)c2)=NC(c2ccc3ccccc3c2)NC1c1cc(-n2c3ccccc3c3cc4ccccc4cc32)c2c(c1)oc1ccccc12. The van der Waals surface area contributed by atoms with Gasteiger partial charge in [-0.3, -0.25) is 10.3 Å². The van der Waals surface area contributed by atoms with E-state index in [1.165, 1.54) is 65.6 Å². The van der Waals surface area contributed by atoms with Gasteiger partial charge in [-0.25, -0.2) is 0 Å². The normalized spacial score (nSPS) is 17.3. The van der Waals surface area contributed by atoms with Crippen LogP contribution in [0.4, 0.5) is 0 Å². The first-order chi connectivity index (χ1) is 30.1. The monoisotopic (exact) mass is 785 g/mol. The minimum absolute atomic E-state index is 0.0253. The largest absolute Gasteiger partial charge is 0.456 e. The van der Waals surface area contributed by atoms with E-state index < -0.39 is 0 Å². The van der Waals surface area contributed by atoms with Gasteiger partial charge in [0.25, 0.3) is 0 Å². The molecule has 4 heteroatoms. The van der Waals surface area contributed by atoms with Crippen molar-refractivity contribution in [1.29, 1.82) is 0 Å². The summed E-state index contributed by atoms with van der Waals surface area (Å²) in [6.07, 6.45) is 1.54. The Balaban J connectivity index is 1.06. The highest BCUT2D eigenvalue weighted by molar-refractivity contribution is 6.16. The van der Waals surface area contributed by atoms with Crippen LogP contribution in [0, 0.1) is 5.92 Å². The van der Waals surface area contributed by atoms with Gasteiger partial charge in [-0.1, -0.05) is 153 Å². The highest BCUT2D eigenvalue weighted by Crippen LogP contribution is 2.43. The Labute approximate surface area is 354 Å². The third kappa shape index (κ3) is 6.13. The molecule has 0 spiro atoms. The summed E-state index contributed by atoms with van der Waals surface area (Å²) >= 11 is 0. The number of aliphatic imine (C=N–C) groups is 1. The van der Waals surface area contributed by atoms with Crippen molar-refractivity contribution in [2.45, 2.75) is 32.0 Å². The van der Waals surface area contributed by atoms with Gasteiger partial charge in [0.15, 0.2) is 0 Å². The van der Waals surface area contributed by atoms with Crippen molar-refractivity contribution in [3.8, 4) is 16.8 Å². The highest BCUT2D eigenvalue weighted by Gasteiger charge is 2.30. The van der Waals surface area contributed by atoms with E-state index in [0.717, 1.165) is 51.7 Å². The van der Waals surface area contributed by atoms with E-state index in [-0.39, 0.29) is 18.1 Å². The summed E-state index contributed by atoms with van der Waals surface area (Å²) < 4.78 is 9.30. The van der Waals surface area contributed by atoms with Gasteiger partial charge in [-0.2, -0.15) is 0 Å². The van der Waals surface area contributed by atoms with Gasteiger partial charge in [0.1, 0.15) is 17.3 Å². The molecule has 0 bridgehead atoms. The minimum atomic E-state index is -0.290. The van der Waals surface area contributed by atoms with Gasteiger partial charge in [-0.15, -0.1) is 0 Å². The van der Waals surface area contributed by atoms with Crippen LogP contribution in [-0.4, -0.2) is 10.3 Å². The van der Waals surface area contributed by atoms with Crippen molar-refractivity contribution in [3.05, 3.63) is 211 Å². The van der Waals surface area contributed by atoms with Crippen LogP contribution in [0.2, 0.25) is 0 Å². The number of hydrogen-bond acceptors (Lipinski definition) is 3. The van der Waals surface area contributed by atoms with E-state index in [2.05, 4.69) is 211 Å². The molecule has 0 radical (unpaired) electrons. The molecule has 0 fully saturated rings. The molecule has 3 heterocycles. The molecule has 1 aliphatic rings. The quantitative estimate of drug-likeness (QED) is 0.189. The zero-order valence-corrected chi connectivity index (χ0v) is 33.9. The highest BCUT2D eigenvalue weighted by atomic mass is 16.3. The van der Waals surface area contributed by atoms with Crippen LogP contribution in [0.15, 0.2) is 204 Å².